The zero-order valence-electron chi connectivity index (χ0n) is 29.7. The number of hydrogen-bond donors (Lipinski definition) is 1. The summed E-state index contributed by atoms with van der Waals surface area (Å²) < 4.78 is 47.2. The lowest BCUT2D eigenvalue weighted by molar-refractivity contribution is -0.339. The van der Waals surface area contributed by atoms with Gasteiger partial charge in [0.15, 0.2) is 43.1 Å². The third-order valence-corrected chi connectivity index (χ3v) is 8.75. The van der Waals surface area contributed by atoms with Gasteiger partial charge in [0.1, 0.15) is 6.10 Å². The van der Waals surface area contributed by atoms with Crippen LogP contribution in [0.25, 0.3) is 0 Å². The van der Waals surface area contributed by atoms with E-state index >= 15 is 0 Å². The second-order valence-corrected chi connectivity index (χ2v) is 12.6. The predicted molar refractivity (Wildman–Crippen MR) is 189 cm³/mol. The fourth-order valence-corrected chi connectivity index (χ4v) is 6.08. The number of esters is 5. The molecule has 2 heterocycles. The summed E-state index contributed by atoms with van der Waals surface area (Å²) in [4.78, 5) is 66.4. The minimum Gasteiger partial charge on any atom is -0.454 e. The van der Waals surface area contributed by atoms with Gasteiger partial charge >= 0.3 is 29.8 Å². The van der Waals surface area contributed by atoms with Gasteiger partial charge < -0.3 is 43.0 Å². The Hall–Kier alpha value is -5.93. The Kier molecular flexibility index (Phi) is 12.6. The molecule has 2 aliphatic rings. The number of hydrogen-bond acceptors (Lipinski definition) is 14. The van der Waals surface area contributed by atoms with Crippen LogP contribution in [0.2, 0.25) is 0 Å². The molecule has 0 radical (unpaired) electrons. The van der Waals surface area contributed by atoms with E-state index in [-0.39, 0.29) is 22.3 Å². The van der Waals surface area contributed by atoms with Crippen molar-refractivity contribution in [3.05, 3.63) is 144 Å². The molecule has 0 saturated carbocycles. The molecule has 0 unspecified atom stereocenters. The van der Waals surface area contributed by atoms with Crippen molar-refractivity contribution in [2.24, 2.45) is 0 Å². The maximum Gasteiger partial charge on any atom is 0.338 e. The highest BCUT2D eigenvalue weighted by Crippen LogP contribution is 2.34. The first kappa shape index (κ1) is 38.8. The van der Waals surface area contributed by atoms with Crippen molar-refractivity contribution >= 4 is 29.8 Å². The first-order valence-electron chi connectivity index (χ1n) is 17.4. The van der Waals surface area contributed by atoms with Gasteiger partial charge in [0, 0.05) is 6.92 Å². The van der Waals surface area contributed by atoms with Crippen molar-refractivity contribution in [1.82, 2.24) is 0 Å². The third-order valence-electron chi connectivity index (χ3n) is 8.75. The van der Waals surface area contributed by atoms with Gasteiger partial charge in [0.25, 0.3) is 0 Å². The zero-order valence-corrected chi connectivity index (χ0v) is 29.7. The average Bonchev–Trinajstić information content (AvgIpc) is 3.20. The van der Waals surface area contributed by atoms with E-state index in [1.807, 2.05) is 0 Å². The summed E-state index contributed by atoms with van der Waals surface area (Å²) >= 11 is 0. The minimum atomic E-state index is -1.75. The van der Waals surface area contributed by atoms with Crippen LogP contribution in [0.5, 0.6) is 0 Å². The fraction of sp³-hybridized carbons (Fsp3) is 0.293. The van der Waals surface area contributed by atoms with E-state index in [0.29, 0.717) is 0 Å². The van der Waals surface area contributed by atoms with Crippen LogP contribution >= 0.6 is 0 Å². The van der Waals surface area contributed by atoms with Crippen LogP contribution in [0, 0.1) is 0 Å². The number of carbonyl (C=O) groups is 5. The van der Waals surface area contributed by atoms with Gasteiger partial charge in [-0.2, -0.15) is 0 Å². The molecule has 14 heteroatoms. The van der Waals surface area contributed by atoms with Crippen molar-refractivity contribution in [3.63, 3.8) is 0 Å². The van der Waals surface area contributed by atoms with E-state index in [4.69, 9.17) is 37.9 Å². The molecule has 55 heavy (non-hydrogen) atoms. The molecule has 9 atom stereocenters. The van der Waals surface area contributed by atoms with E-state index in [1.54, 1.807) is 72.8 Å². The molecule has 1 N–H and O–H groups in total. The Labute approximate surface area is 315 Å². The lowest BCUT2D eigenvalue weighted by Gasteiger charge is -2.46. The Balaban J connectivity index is 1.39. The second-order valence-electron chi connectivity index (χ2n) is 12.6. The first-order chi connectivity index (χ1) is 26.6. The van der Waals surface area contributed by atoms with E-state index in [2.05, 4.69) is 0 Å². The van der Waals surface area contributed by atoms with Gasteiger partial charge in [0.2, 0.25) is 0 Å². The molecular formula is C41H38O14. The summed E-state index contributed by atoms with van der Waals surface area (Å²) in [7, 11) is 0. The molecule has 0 bridgehead atoms. The van der Waals surface area contributed by atoms with Crippen LogP contribution in [-0.2, 0) is 42.7 Å². The molecule has 2 aliphatic heterocycles. The number of rotatable bonds is 11. The van der Waals surface area contributed by atoms with E-state index in [0.717, 1.165) is 6.92 Å². The molecule has 0 aromatic heterocycles. The molecule has 4 aromatic carbocycles. The molecular weight excluding hydrogens is 716 g/mol. The van der Waals surface area contributed by atoms with E-state index < -0.39 is 91.8 Å². The largest absolute Gasteiger partial charge is 0.454 e. The highest BCUT2D eigenvalue weighted by molar-refractivity contribution is 5.91. The Morgan fingerprint density at radius 1 is 0.527 bits per heavy atom. The van der Waals surface area contributed by atoms with Crippen molar-refractivity contribution in [1.29, 1.82) is 0 Å². The van der Waals surface area contributed by atoms with Crippen LogP contribution < -0.4 is 0 Å². The topological polar surface area (TPSA) is 179 Å². The number of aliphatic hydroxyl groups excluding tert-OH is 1. The third kappa shape index (κ3) is 9.60. The minimum absolute atomic E-state index is 0.111. The average molecular weight is 755 g/mol. The van der Waals surface area contributed by atoms with Crippen molar-refractivity contribution in [2.45, 2.75) is 69.2 Å². The van der Waals surface area contributed by atoms with Gasteiger partial charge in [-0.3, -0.25) is 4.79 Å². The zero-order chi connectivity index (χ0) is 38.9. The number of carbonyl (C=O) groups excluding carboxylic acids is 5. The molecule has 0 aliphatic carbocycles. The SMILES string of the molecule is CC(=O)O[C@@H]1[C@@H](O[C@@H]2O[C@H](C)[C@H](OC(=O)c3ccccc3)[C@H](OC(=O)c3ccccc3)[C@H]2OC(=O)c2ccccc2)[C@@H](OC(=O)c2ccccc2)CO[C@@H]1O. The maximum atomic E-state index is 13.7. The van der Waals surface area contributed by atoms with E-state index in [1.165, 1.54) is 55.5 Å². The first-order valence-corrected chi connectivity index (χ1v) is 17.4. The number of ether oxygens (including phenoxy) is 8. The number of benzene rings is 4. The molecule has 2 fully saturated rings. The van der Waals surface area contributed by atoms with Crippen LogP contribution in [0.15, 0.2) is 121 Å². The van der Waals surface area contributed by atoms with E-state index in [9.17, 15) is 29.1 Å². The van der Waals surface area contributed by atoms with Crippen molar-refractivity contribution in [2.75, 3.05) is 6.61 Å². The molecule has 2 saturated heterocycles. The normalized spacial score (nSPS) is 26.1. The summed E-state index contributed by atoms with van der Waals surface area (Å²) in [6.07, 6.45) is -13.6. The van der Waals surface area contributed by atoms with Gasteiger partial charge in [-0.15, -0.1) is 0 Å². The lowest BCUT2D eigenvalue weighted by atomic mass is 9.97. The van der Waals surface area contributed by atoms with Crippen molar-refractivity contribution in [3.8, 4) is 0 Å². The maximum absolute atomic E-state index is 13.7. The monoisotopic (exact) mass is 754 g/mol. The van der Waals surface area contributed by atoms with Crippen LogP contribution in [0.1, 0.15) is 55.3 Å². The molecule has 14 nitrogen and oxygen atoms in total. The Morgan fingerprint density at radius 3 is 1.36 bits per heavy atom. The molecule has 286 valence electrons. The highest BCUT2D eigenvalue weighted by atomic mass is 16.8. The Morgan fingerprint density at radius 2 is 0.927 bits per heavy atom. The predicted octanol–water partition coefficient (Wildman–Crippen LogP) is 4.30. The summed E-state index contributed by atoms with van der Waals surface area (Å²) in [5, 5.41) is 10.9. The molecule has 4 aromatic rings. The summed E-state index contributed by atoms with van der Waals surface area (Å²) in [5.74, 6) is -4.14. The highest BCUT2D eigenvalue weighted by Gasteiger charge is 2.55. The second kappa shape index (κ2) is 17.9. The van der Waals surface area contributed by atoms with Gasteiger partial charge in [-0.25, -0.2) is 19.2 Å². The van der Waals surface area contributed by atoms with Gasteiger partial charge in [-0.05, 0) is 55.5 Å². The number of aliphatic hydroxyl groups is 1. The summed E-state index contributed by atoms with van der Waals surface area (Å²) in [5.41, 5.74) is 0.614. The Bertz CT molecular complexity index is 1920. The smallest absolute Gasteiger partial charge is 0.338 e. The van der Waals surface area contributed by atoms with Crippen LogP contribution in [-0.4, -0.2) is 96.9 Å². The van der Waals surface area contributed by atoms with Gasteiger partial charge in [-0.1, -0.05) is 72.8 Å². The molecule has 6 rings (SSSR count). The van der Waals surface area contributed by atoms with Crippen LogP contribution in [0.3, 0.4) is 0 Å². The fourth-order valence-electron chi connectivity index (χ4n) is 6.08. The van der Waals surface area contributed by atoms with Gasteiger partial charge in [0.05, 0.1) is 35.0 Å². The molecule has 0 spiro atoms. The van der Waals surface area contributed by atoms with Crippen LogP contribution in [0.4, 0.5) is 0 Å². The lowest BCUT2D eigenvalue weighted by Crippen LogP contribution is -2.64. The molecule has 0 amide bonds. The quantitative estimate of drug-likeness (QED) is 0.169. The summed E-state index contributed by atoms with van der Waals surface area (Å²) in [6.45, 7) is 2.20. The summed E-state index contributed by atoms with van der Waals surface area (Å²) in [6, 6.07) is 31.9. The standard InChI is InChI=1S/C41H38O14/c1-24-31(52-37(44)27-17-9-4-10-18-27)33(53-38(45)28-19-11-5-12-20-28)35(54-39(46)29-21-13-6-14-22-29)41(49-24)55-32-30(23-48-40(47)34(32)50-25(2)42)51-36(43)26-15-7-3-8-16-26/h3-22,24,30-35,40-41,47H,23H2,1-2H3/t24-,30+,31+,32+,33+,34-,35-,40+,41+/m1/s1. The van der Waals surface area contributed by atoms with Crippen molar-refractivity contribution < 1.29 is 67.0 Å².